The Morgan fingerprint density at radius 3 is 2.90 bits per heavy atom. The Morgan fingerprint density at radius 2 is 2.25 bits per heavy atom. The van der Waals surface area contributed by atoms with Crippen LogP contribution in [0.15, 0.2) is 18.3 Å². The maximum atomic E-state index is 12.6. The SMILES string of the molecule is CCC12COC(=O)N1CCN(C(=O)c1cccn1C)C2. The van der Waals surface area contributed by atoms with E-state index in [-0.39, 0.29) is 17.5 Å². The maximum absolute atomic E-state index is 12.6. The predicted molar refractivity (Wildman–Crippen MR) is 72.4 cm³/mol. The van der Waals surface area contributed by atoms with Crippen molar-refractivity contribution < 1.29 is 14.3 Å². The van der Waals surface area contributed by atoms with E-state index in [0.29, 0.717) is 31.9 Å². The molecule has 6 nitrogen and oxygen atoms in total. The molecule has 1 aromatic rings. The number of piperazine rings is 1. The predicted octanol–water partition coefficient (Wildman–Crippen LogP) is 1.08. The zero-order valence-corrected chi connectivity index (χ0v) is 11.8. The molecule has 6 heteroatoms. The van der Waals surface area contributed by atoms with E-state index in [9.17, 15) is 9.59 Å². The van der Waals surface area contributed by atoms with Gasteiger partial charge < -0.3 is 14.2 Å². The molecule has 2 amide bonds. The highest BCUT2D eigenvalue weighted by molar-refractivity contribution is 5.93. The third kappa shape index (κ3) is 1.78. The Balaban J connectivity index is 1.83. The van der Waals surface area contributed by atoms with Crippen LogP contribution in [-0.2, 0) is 11.8 Å². The molecule has 2 saturated heterocycles. The molecule has 108 valence electrons. The summed E-state index contributed by atoms with van der Waals surface area (Å²) in [5, 5.41) is 0. The molecule has 0 aromatic carbocycles. The van der Waals surface area contributed by atoms with Crippen LogP contribution in [-0.4, -0.2) is 58.1 Å². The Morgan fingerprint density at radius 1 is 1.45 bits per heavy atom. The van der Waals surface area contributed by atoms with E-state index in [1.807, 2.05) is 41.8 Å². The van der Waals surface area contributed by atoms with Gasteiger partial charge in [0.1, 0.15) is 12.3 Å². The zero-order valence-electron chi connectivity index (χ0n) is 11.8. The average molecular weight is 277 g/mol. The van der Waals surface area contributed by atoms with Gasteiger partial charge in [0.25, 0.3) is 5.91 Å². The van der Waals surface area contributed by atoms with Crippen LogP contribution in [0.4, 0.5) is 4.79 Å². The van der Waals surface area contributed by atoms with E-state index in [0.717, 1.165) is 6.42 Å². The van der Waals surface area contributed by atoms with Gasteiger partial charge in [0.05, 0.1) is 5.54 Å². The van der Waals surface area contributed by atoms with Gasteiger partial charge in [0.15, 0.2) is 0 Å². The number of aryl methyl sites for hydroxylation is 1. The summed E-state index contributed by atoms with van der Waals surface area (Å²) < 4.78 is 7.00. The summed E-state index contributed by atoms with van der Waals surface area (Å²) in [5.74, 6) is 0.0179. The third-order valence-electron chi connectivity index (χ3n) is 4.44. The van der Waals surface area contributed by atoms with Crippen molar-refractivity contribution in [3.05, 3.63) is 24.0 Å². The maximum Gasteiger partial charge on any atom is 0.410 e. The molecule has 3 heterocycles. The summed E-state index contributed by atoms with van der Waals surface area (Å²) >= 11 is 0. The van der Waals surface area contributed by atoms with Gasteiger partial charge in [-0.2, -0.15) is 0 Å². The number of cyclic esters (lactones) is 1. The van der Waals surface area contributed by atoms with Gasteiger partial charge in [-0.05, 0) is 18.6 Å². The highest BCUT2D eigenvalue weighted by atomic mass is 16.6. The first-order valence-electron chi connectivity index (χ1n) is 6.92. The van der Waals surface area contributed by atoms with Gasteiger partial charge in [0.2, 0.25) is 0 Å². The van der Waals surface area contributed by atoms with Crippen molar-refractivity contribution in [1.82, 2.24) is 14.4 Å². The van der Waals surface area contributed by atoms with Crippen molar-refractivity contribution >= 4 is 12.0 Å². The van der Waals surface area contributed by atoms with Crippen LogP contribution in [0.2, 0.25) is 0 Å². The monoisotopic (exact) mass is 277 g/mol. The Hall–Kier alpha value is -1.98. The molecule has 3 rings (SSSR count). The van der Waals surface area contributed by atoms with Gasteiger partial charge in [-0.1, -0.05) is 6.92 Å². The van der Waals surface area contributed by atoms with Gasteiger partial charge >= 0.3 is 6.09 Å². The number of carbonyl (C=O) groups excluding carboxylic acids is 2. The molecule has 0 radical (unpaired) electrons. The molecular weight excluding hydrogens is 258 g/mol. The molecule has 20 heavy (non-hydrogen) atoms. The highest BCUT2D eigenvalue weighted by Gasteiger charge is 2.50. The molecule has 2 aliphatic heterocycles. The number of carbonyl (C=O) groups is 2. The number of aromatic nitrogens is 1. The van der Waals surface area contributed by atoms with E-state index in [1.54, 1.807) is 4.90 Å². The second-order valence-electron chi connectivity index (χ2n) is 5.52. The van der Waals surface area contributed by atoms with Crippen molar-refractivity contribution in [2.45, 2.75) is 18.9 Å². The lowest BCUT2D eigenvalue weighted by atomic mass is 9.93. The first-order valence-corrected chi connectivity index (χ1v) is 6.92. The van der Waals surface area contributed by atoms with Crippen LogP contribution in [0.1, 0.15) is 23.8 Å². The highest BCUT2D eigenvalue weighted by Crippen LogP contribution is 2.32. The number of fused-ring (bicyclic) bond motifs is 1. The van der Waals surface area contributed by atoms with E-state index in [2.05, 4.69) is 0 Å². The molecule has 0 N–H and O–H groups in total. The molecule has 0 bridgehead atoms. The van der Waals surface area contributed by atoms with Gasteiger partial charge in [-0.15, -0.1) is 0 Å². The Kier molecular flexibility index (Phi) is 2.96. The van der Waals surface area contributed by atoms with Gasteiger partial charge in [-0.25, -0.2) is 4.79 Å². The van der Waals surface area contributed by atoms with Crippen LogP contribution in [0.3, 0.4) is 0 Å². The quantitative estimate of drug-likeness (QED) is 0.813. The number of nitrogens with zero attached hydrogens (tertiary/aromatic N) is 3. The molecule has 1 unspecified atom stereocenters. The summed E-state index contributed by atoms with van der Waals surface area (Å²) in [4.78, 5) is 27.9. The molecule has 1 atom stereocenters. The zero-order chi connectivity index (χ0) is 14.3. The number of ether oxygens (including phenoxy) is 1. The van der Waals surface area contributed by atoms with Crippen LogP contribution in [0.25, 0.3) is 0 Å². The lowest BCUT2D eigenvalue weighted by Gasteiger charge is -2.44. The fraction of sp³-hybridized carbons (Fsp3) is 0.571. The summed E-state index contributed by atoms with van der Waals surface area (Å²) in [6, 6.07) is 3.69. The largest absolute Gasteiger partial charge is 0.447 e. The molecule has 1 aromatic heterocycles. The third-order valence-corrected chi connectivity index (χ3v) is 4.44. The Labute approximate surface area is 117 Å². The summed E-state index contributed by atoms with van der Waals surface area (Å²) in [7, 11) is 1.86. The van der Waals surface area contributed by atoms with E-state index >= 15 is 0 Å². The van der Waals surface area contributed by atoms with Gasteiger partial charge in [-0.3, -0.25) is 9.69 Å². The molecule has 0 spiro atoms. The minimum atomic E-state index is -0.351. The lowest BCUT2D eigenvalue weighted by Crippen LogP contribution is -2.62. The summed E-state index contributed by atoms with van der Waals surface area (Å²) in [6.45, 7) is 4.05. The summed E-state index contributed by atoms with van der Waals surface area (Å²) in [5.41, 5.74) is 0.325. The number of rotatable bonds is 2. The Bertz CT molecular complexity index is 554. The second kappa shape index (κ2) is 4.54. The molecule has 2 aliphatic rings. The van der Waals surface area contributed by atoms with Crippen molar-refractivity contribution in [2.75, 3.05) is 26.2 Å². The van der Waals surface area contributed by atoms with E-state index < -0.39 is 0 Å². The smallest absolute Gasteiger partial charge is 0.410 e. The van der Waals surface area contributed by atoms with Crippen molar-refractivity contribution in [3.63, 3.8) is 0 Å². The molecular formula is C14H19N3O3. The van der Waals surface area contributed by atoms with Crippen molar-refractivity contribution in [2.24, 2.45) is 7.05 Å². The fourth-order valence-electron chi connectivity index (χ4n) is 3.08. The summed E-state index contributed by atoms with van der Waals surface area (Å²) in [6.07, 6.45) is 2.40. The lowest BCUT2D eigenvalue weighted by molar-refractivity contribution is 0.0354. The number of hydrogen-bond acceptors (Lipinski definition) is 3. The topological polar surface area (TPSA) is 54.8 Å². The van der Waals surface area contributed by atoms with E-state index in [1.165, 1.54) is 0 Å². The van der Waals surface area contributed by atoms with Gasteiger partial charge in [0, 0.05) is 32.9 Å². The number of amides is 2. The first kappa shape index (κ1) is 13.0. The fourth-order valence-corrected chi connectivity index (χ4v) is 3.08. The molecule has 0 saturated carbocycles. The van der Waals surface area contributed by atoms with Crippen molar-refractivity contribution in [1.29, 1.82) is 0 Å². The van der Waals surface area contributed by atoms with Crippen LogP contribution < -0.4 is 0 Å². The standard InChI is InChI=1S/C14H19N3O3/c1-3-14-9-16(7-8-17(14)13(19)20-10-14)12(18)11-5-4-6-15(11)2/h4-6H,3,7-10H2,1-2H3. The second-order valence-corrected chi connectivity index (χ2v) is 5.52. The van der Waals surface area contributed by atoms with E-state index in [4.69, 9.17) is 4.74 Å². The molecule has 2 fully saturated rings. The molecule has 0 aliphatic carbocycles. The normalized spacial score (nSPS) is 25.6. The number of hydrogen-bond donors (Lipinski definition) is 0. The van der Waals surface area contributed by atoms with Crippen LogP contribution >= 0.6 is 0 Å². The first-order chi connectivity index (χ1) is 9.57. The van der Waals surface area contributed by atoms with Crippen LogP contribution in [0, 0.1) is 0 Å². The average Bonchev–Trinajstić information content (AvgIpc) is 3.03. The minimum absolute atomic E-state index is 0.0179. The van der Waals surface area contributed by atoms with Crippen LogP contribution in [0.5, 0.6) is 0 Å². The van der Waals surface area contributed by atoms with Crippen molar-refractivity contribution in [3.8, 4) is 0 Å². The minimum Gasteiger partial charge on any atom is -0.447 e.